The molecular formula is C15H23N3O2. The zero-order valence-corrected chi connectivity index (χ0v) is 12.2. The first kappa shape index (κ1) is 14.7. The van der Waals surface area contributed by atoms with E-state index in [2.05, 4.69) is 12.2 Å². The number of nitrogens with two attached hydrogens (primary N) is 1. The van der Waals surface area contributed by atoms with Gasteiger partial charge in [0.15, 0.2) is 0 Å². The SMILES string of the molecule is COc1ccccc1NCC(=O)N1CCC(C)(CN)C1. The van der Waals surface area contributed by atoms with Gasteiger partial charge in [0.25, 0.3) is 0 Å². The van der Waals surface area contributed by atoms with Gasteiger partial charge in [-0.25, -0.2) is 0 Å². The van der Waals surface area contributed by atoms with Crippen molar-refractivity contribution in [1.29, 1.82) is 0 Å². The minimum Gasteiger partial charge on any atom is -0.495 e. The average Bonchev–Trinajstić information content (AvgIpc) is 2.88. The maximum atomic E-state index is 12.2. The molecule has 0 aromatic heterocycles. The number of rotatable bonds is 5. The Morgan fingerprint density at radius 2 is 2.25 bits per heavy atom. The summed E-state index contributed by atoms with van der Waals surface area (Å²) in [5.41, 5.74) is 6.67. The number of para-hydroxylation sites is 2. The van der Waals surface area contributed by atoms with Gasteiger partial charge in [-0.05, 0) is 30.5 Å². The number of nitrogens with one attached hydrogen (secondary N) is 1. The molecule has 1 unspecified atom stereocenters. The molecule has 1 aliphatic rings. The van der Waals surface area contributed by atoms with E-state index >= 15 is 0 Å². The molecule has 0 radical (unpaired) electrons. The molecule has 1 aromatic carbocycles. The number of amides is 1. The van der Waals surface area contributed by atoms with E-state index in [1.807, 2.05) is 29.2 Å². The zero-order chi connectivity index (χ0) is 14.6. The summed E-state index contributed by atoms with van der Waals surface area (Å²) in [6.07, 6.45) is 0.976. The molecule has 0 spiro atoms. The van der Waals surface area contributed by atoms with Crippen LogP contribution in [0.5, 0.6) is 5.75 Å². The fourth-order valence-corrected chi connectivity index (χ4v) is 2.48. The summed E-state index contributed by atoms with van der Waals surface area (Å²) in [4.78, 5) is 14.1. The summed E-state index contributed by atoms with van der Waals surface area (Å²) >= 11 is 0. The lowest BCUT2D eigenvalue weighted by molar-refractivity contribution is -0.128. The molecule has 20 heavy (non-hydrogen) atoms. The van der Waals surface area contributed by atoms with E-state index in [1.165, 1.54) is 0 Å². The fourth-order valence-electron chi connectivity index (χ4n) is 2.48. The van der Waals surface area contributed by atoms with Crippen molar-refractivity contribution in [1.82, 2.24) is 4.90 Å². The third-order valence-electron chi connectivity index (χ3n) is 3.94. The lowest BCUT2D eigenvalue weighted by Gasteiger charge is -2.23. The number of benzene rings is 1. The summed E-state index contributed by atoms with van der Waals surface area (Å²) in [6.45, 7) is 4.57. The van der Waals surface area contributed by atoms with E-state index in [1.54, 1.807) is 7.11 Å². The van der Waals surface area contributed by atoms with Crippen molar-refractivity contribution < 1.29 is 9.53 Å². The average molecular weight is 277 g/mol. The van der Waals surface area contributed by atoms with E-state index in [0.29, 0.717) is 6.54 Å². The molecule has 1 aromatic rings. The summed E-state index contributed by atoms with van der Waals surface area (Å²) in [7, 11) is 1.62. The summed E-state index contributed by atoms with van der Waals surface area (Å²) in [5.74, 6) is 0.849. The van der Waals surface area contributed by atoms with E-state index in [4.69, 9.17) is 10.5 Å². The number of hydrogen-bond acceptors (Lipinski definition) is 4. The third kappa shape index (κ3) is 3.22. The molecule has 5 nitrogen and oxygen atoms in total. The second-order valence-corrected chi connectivity index (χ2v) is 5.63. The predicted octanol–water partition coefficient (Wildman–Crippen LogP) is 1.30. The highest BCUT2D eigenvalue weighted by atomic mass is 16.5. The molecule has 1 amide bonds. The van der Waals surface area contributed by atoms with Crippen molar-refractivity contribution in [2.75, 3.05) is 38.6 Å². The number of nitrogens with zero attached hydrogens (tertiary/aromatic N) is 1. The van der Waals surface area contributed by atoms with E-state index in [9.17, 15) is 4.79 Å². The van der Waals surface area contributed by atoms with Crippen LogP contribution in [0.4, 0.5) is 5.69 Å². The number of anilines is 1. The van der Waals surface area contributed by atoms with Crippen LogP contribution in [0, 0.1) is 5.41 Å². The largest absolute Gasteiger partial charge is 0.495 e. The van der Waals surface area contributed by atoms with Crippen LogP contribution < -0.4 is 15.8 Å². The van der Waals surface area contributed by atoms with Gasteiger partial charge in [0.2, 0.25) is 5.91 Å². The number of carbonyl (C=O) groups is 1. The number of methoxy groups -OCH3 is 1. The summed E-state index contributed by atoms with van der Waals surface area (Å²) in [6, 6.07) is 7.59. The van der Waals surface area contributed by atoms with Crippen LogP contribution in [0.15, 0.2) is 24.3 Å². The molecule has 1 aliphatic heterocycles. The van der Waals surface area contributed by atoms with Crippen molar-refractivity contribution >= 4 is 11.6 Å². The first-order valence-electron chi connectivity index (χ1n) is 6.93. The van der Waals surface area contributed by atoms with Crippen LogP contribution in [-0.4, -0.2) is 44.1 Å². The smallest absolute Gasteiger partial charge is 0.241 e. The number of ether oxygens (including phenoxy) is 1. The van der Waals surface area contributed by atoms with Crippen LogP contribution in [-0.2, 0) is 4.79 Å². The molecule has 5 heteroatoms. The number of hydrogen-bond donors (Lipinski definition) is 2. The molecular weight excluding hydrogens is 254 g/mol. The zero-order valence-electron chi connectivity index (χ0n) is 12.2. The standard InChI is InChI=1S/C15H23N3O2/c1-15(10-16)7-8-18(11-15)14(19)9-17-12-5-3-4-6-13(12)20-2/h3-6,17H,7-11,16H2,1-2H3. The molecule has 2 rings (SSSR count). The molecule has 0 aliphatic carbocycles. The number of carbonyl (C=O) groups excluding carboxylic acids is 1. The number of likely N-dealkylation sites (tertiary alicyclic amines) is 1. The molecule has 0 bridgehead atoms. The van der Waals surface area contributed by atoms with Crippen LogP contribution in [0.25, 0.3) is 0 Å². The summed E-state index contributed by atoms with van der Waals surface area (Å²) < 4.78 is 5.25. The quantitative estimate of drug-likeness (QED) is 0.851. The van der Waals surface area contributed by atoms with Gasteiger partial charge in [-0.15, -0.1) is 0 Å². The normalized spacial score (nSPS) is 21.9. The van der Waals surface area contributed by atoms with Gasteiger partial charge in [-0.2, -0.15) is 0 Å². The maximum absolute atomic E-state index is 12.2. The first-order chi connectivity index (χ1) is 9.58. The fraction of sp³-hybridized carbons (Fsp3) is 0.533. The Hall–Kier alpha value is -1.75. The van der Waals surface area contributed by atoms with E-state index in [0.717, 1.165) is 30.9 Å². The van der Waals surface area contributed by atoms with Crippen LogP contribution in [0.3, 0.4) is 0 Å². The van der Waals surface area contributed by atoms with Crippen LogP contribution >= 0.6 is 0 Å². The van der Waals surface area contributed by atoms with Gasteiger partial charge in [0.1, 0.15) is 5.75 Å². The topological polar surface area (TPSA) is 67.6 Å². The van der Waals surface area contributed by atoms with Gasteiger partial charge in [-0.1, -0.05) is 19.1 Å². The molecule has 1 heterocycles. The highest BCUT2D eigenvalue weighted by Crippen LogP contribution is 2.28. The molecule has 1 fully saturated rings. The highest BCUT2D eigenvalue weighted by Gasteiger charge is 2.34. The Balaban J connectivity index is 1.90. The Labute approximate surface area is 120 Å². The Morgan fingerprint density at radius 1 is 1.50 bits per heavy atom. The van der Waals surface area contributed by atoms with Crippen molar-refractivity contribution in [2.24, 2.45) is 11.1 Å². The van der Waals surface area contributed by atoms with Crippen molar-refractivity contribution in [2.45, 2.75) is 13.3 Å². The highest BCUT2D eigenvalue weighted by molar-refractivity contribution is 5.81. The van der Waals surface area contributed by atoms with Crippen LogP contribution in [0.1, 0.15) is 13.3 Å². The molecule has 1 atom stereocenters. The second-order valence-electron chi connectivity index (χ2n) is 5.63. The van der Waals surface area contributed by atoms with Crippen molar-refractivity contribution in [3.8, 4) is 5.75 Å². The lowest BCUT2D eigenvalue weighted by atomic mass is 9.90. The molecule has 3 N–H and O–H groups in total. The van der Waals surface area contributed by atoms with Gasteiger partial charge in [0, 0.05) is 13.1 Å². The Bertz CT molecular complexity index is 478. The van der Waals surface area contributed by atoms with Gasteiger partial charge < -0.3 is 20.7 Å². The minimum absolute atomic E-state index is 0.0695. The second kappa shape index (κ2) is 6.13. The monoisotopic (exact) mass is 277 g/mol. The predicted molar refractivity (Wildman–Crippen MR) is 79.8 cm³/mol. The summed E-state index contributed by atoms with van der Waals surface area (Å²) in [5, 5.41) is 3.14. The van der Waals surface area contributed by atoms with Crippen molar-refractivity contribution in [3.05, 3.63) is 24.3 Å². The minimum atomic E-state index is 0.0695. The van der Waals surface area contributed by atoms with E-state index < -0.39 is 0 Å². The molecule has 0 saturated carbocycles. The maximum Gasteiger partial charge on any atom is 0.241 e. The van der Waals surface area contributed by atoms with Crippen LogP contribution in [0.2, 0.25) is 0 Å². The first-order valence-corrected chi connectivity index (χ1v) is 6.93. The van der Waals surface area contributed by atoms with Gasteiger partial charge in [-0.3, -0.25) is 4.79 Å². The third-order valence-corrected chi connectivity index (χ3v) is 3.94. The molecule has 110 valence electrons. The molecule has 1 saturated heterocycles. The van der Waals surface area contributed by atoms with Gasteiger partial charge in [0.05, 0.1) is 19.3 Å². The van der Waals surface area contributed by atoms with Crippen molar-refractivity contribution in [3.63, 3.8) is 0 Å². The Morgan fingerprint density at radius 3 is 2.90 bits per heavy atom. The van der Waals surface area contributed by atoms with Gasteiger partial charge >= 0.3 is 0 Å². The Kier molecular flexibility index (Phi) is 4.49. The lowest BCUT2D eigenvalue weighted by Crippen LogP contribution is -2.37. The van der Waals surface area contributed by atoms with E-state index in [-0.39, 0.29) is 17.9 Å².